The van der Waals surface area contributed by atoms with E-state index in [1.54, 1.807) is 47.1 Å². The van der Waals surface area contributed by atoms with Crippen molar-refractivity contribution in [3.63, 3.8) is 0 Å². The molecule has 7 heteroatoms. The molecule has 2 heterocycles. The number of aromatic nitrogens is 2. The summed E-state index contributed by atoms with van der Waals surface area (Å²) < 4.78 is 11.5. The van der Waals surface area contributed by atoms with Crippen molar-refractivity contribution in [2.24, 2.45) is 5.18 Å². The summed E-state index contributed by atoms with van der Waals surface area (Å²) in [6.07, 6.45) is 3.46. The monoisotopic (exact) mass is 311 g/mol. The Morgan fingerprint density at radius 1 is 1.22 bits per heavy atom. The zero-order valence-electron chi connectivity index (χ0n) is 12.5. The first-order valence-corrected chi connectivity index (χ1v) is 6.75. The van der Waals surface area contributed by atoms with Crippen LogP contribution in [0.1, 0.15) is 10.4 Å². The van der Waals surface area contributed by atoms with Gasteiger partial charge in [0.05, 0.1) is 25.5 Å². The molecule has 2 aromatic heterocycles. The van der Waals surface area contributed by atoms with Gasteiger partial charge in [0.25, 0.3) is 0 Å². The van der Waals surface area contributed by atoms with E-state index in [4.69, 9.17) is 9.47 Å². The van der Waals surface area contributed by atoms with Gasteiger partial charge in [0.2, 0.25) is 0 Å². The van der Waals surface area contributed by atoms with Crippen molar-refractivity contribution in [3.05, 3.63) is 53.2 Å². The molecule has 23 heavy (non-hydrogen) atoms. The summed E-state index contributed by atoms with van der Waals surface area (Å²) in [4.78, 5) is 27.1. The summed E-state index contributed by atoms with van der Waals surface area (Å²) in [7, 11) is 2.84. The molecule has 0 aliphatic rings. The molecule has 0 spiro atoms. The van der Waals surface area contributed by atoms with Gasteiger partial charge in [0.1, 0.15) is 17.1 Å². The fourth-order valence-corrected chi connectivity index (χ4v) is 2.29. The second-order valence-electron chi connectivity index (χ2n) is 4.77. The van der Waals surface area contributed by atoms with Gasteiger partial charge in [0, 0.05) is 24.0 Å². The number of benzene rings is 1. The Morgan fingerprint density at radius 2 is 2.04 bits per heavy atom. The Morgan fingerprint density at radius 3 is 2.74 bits per heavy atom. The minimum Gasteiger partial charge on any atom is -0.497 e. The minimum absolute atomic E-state index is 0.237. The number of fused-ring (bicyclic) bond motifs is 1. The Balaban J connectivity index is 2.10. The van der Waals surface area contributed by atoms with Crippen molar-refractivity contribution >= 4 is 17.3 Å². The lowest BCUT2D eigenvalue weighted by Crippen LogP contribution is -2.01. The Labute approximate surface area is 131 Å². The average Bonchev–Trinajstić information content (AvgIpc) is 3.03. The van der Waals surface area contributed by atoms with Crippen molar-refractivity contribution in [2.75, 3.05) is 14.2 Å². The summed E-state index contributed by atoms with van der Waals surface area (Å²) in [5, 5.41) is 3.03. The minimum atomic E-state index is -0.434. The van der Waals surface area contributed by atoms with E-state index in [1.165, 1.54) is 14.2 Å². The number of esters is 1. The maximum Gasteiger partial charge on any atom is 0.338 e. The molecule has 116 valence electrons. The number of nitrogens with zero attached hydrogens (tertiary/aromatic N) is 3. The second-order valence-corrected chi connectivity index (χ2v) is 4.77. The highest BCUT2D eigenvalue weighted by Gasteiger charge is 2.13. The lowest BCUT2D eigenvalue weighted by molar-refractivity contribution is 0.0600. The molecule has 0 atom stereocenters. The Hall–Kier alpha value is -3.22. The molecule has 0 aliphatic heterocycles. The predicted molar refractivity (Wildman–Crippen MR) is 84.0 cm³/mol. The van der Waals surface area contributed by atoms with Crippen LogP contribution in [0.4, 0.5) is 5.69 Å². The summed E-state index contributed by atoms with van der Waals surface area (Å²) in [6, 6.07) is 8.25. The van der Waals surface area contributed by atoms with E-state index in [9.17, 15) is 9.70 Å². The third kappa shape index (κ3) is 2.64. The molecule has 0 aliphatic carbocycles. The zero-order chi connectivity index (χ0) is 16.4. The van der Waals surface area contributed by atoms with Gasteiger partial charge >= 0.3 is 5.97 Å². The number of ether oxygens (including phenoxy) is 2. The lowest BCUT2D eigenvalue weighted by Gasteiger charge is -2.03. The first-order chi connectivity index (χ1) is 11.2. The van der Waals surface area contributed by atoms with Crippen LogP contribution in [-0.2, 0) is 4.74 Å². The number of carbonyl (C=O) groups is 1. The van der Waals surface area contributed by atoms with E-state index in [-0.39, 0.29) is 5.69 Å². The molecule has 0 fully saturated rings. The van der Waals surface area contributed by atoms with Crippen LogP contribution in [0.25, 0.3) is 16.9 Å². The van der Waals surface area contributed by atoms with Gasteiger partial charge in [-0.3, -0.25) is 0 Å². The molecule has 1 aromatic carbocycles. The number of methoxy groups -OCH3 is 2. The number of nitroso groups, excluding NO2 is 1. The van der Waals surface area contributed by atoms with E-state index in [2.05, 4.69) is 10.2 Å². The Bertz CT molecular complexity index is 901. The van der Waals surface area contributed by atoms with E-state index in [1.807, 2.05) is 0 Å². The molecule has 0 radical (unpaired) electrons. The summed E-state index contributed by atoms with van der Waals surface area (Å²) in [6.45, 7) is 0. The van der Waals surface area contributed by atoms with E-state index in [0.29, 0.717) is 28.2 Å². The number of rotatable bonds is 4. The molecular weight excluding hydrogens is 298 g/mol. The fraction of sp³-hybridized carbons (Fsp3) is 0.125. The van der Waals surface area contributed by atoms with Gasteiger partial charge < -0.3 is 13.9 Å². The third-order valence-electron chi connectivity index (χ3n) is 3.46. The number of hydrogen-bond acceptors (Lipinski definition) is 6. The fourth-order valence-electron chi connectivity index (χ4n) is 2.29. The van der Waals surface area contributed by atoms with Crippen molar-refractivity contribution in [1.82, 2.24) is 9.38 Å². The van der Waals surface area contributed by atoms with Gasteiger partial charge in [-0.15, -0.1) is 4.91 Å². The van der Waals surface area contributed by atoms with Gasteiger partial charge in [-0.25, -0.2) is 9.78 Å². The second kappa shape index (κ2) is 5.88. The SMILES string of the molecule is COC(=O)c1ccn2cc(-c3ccc(OC)cc3N=O)nc2c1. The lowest BCUT2D eigenvalue weighted by atomic mass is 10.1. The molecule has 3 aromatic rings. The number of imidazole rings is 1. The average molecular weight is 311 g/mol. The highest BCUT2D eigenvalue weighted by Crippen LogP contribution is 2.33. The van der Waals surface area contributed by atoms with E-state index >= 15 is 0 Å². The molecule has 0 saturated carbocycles. The van der Waals surface area contributed by atoms with Crippen LogP contribution < -0.4 is 4.74 Å². The maximum absolute atomic E-state index is 11.6. The molecular formula is C16H13N3O4. The molecule has 0 bridgehead atoms. The maximum atomic E-state index is 11.6. The van der Waals surface area contributed by atoms with Crippen LogP contribution >= 0.6 is 0 Å². The summed E-state index contributed by atoms with van der Waals surface area (Å²) >= 11 is 0. The van der Waals surface area contributed by atoms with Crippen molar-refractivity contribution < 1.29 is 14.3 Å². The van der Waals surface area contributed by atoms with Gasteiger partial charge in [0.15, 0.2) is 0 Å². The molecule has 0 N–H and O–H groups in total. The van der Waals surface area contributed by atoms with Crippen LogP contribution in [-0.4, -0.2) is 29.6 Å². The smallest absolute Gasteiger partial charge is 0.338 e. The normalized spacial score (nSPS) is 10.5. The van der Waals surface area contributed by atoms with Crippen LogP contribution in [0.2, 0.25) is 0 Å². The van der Waals surface area contributed by atoms with Crippen LogP contribution in [0, 0.1) is 4.91 Å². The standard InChI is InChI=1S/C16H13N3O4/c1-22-11-3-4-12(13(8-11)18-21)14-9-19-6-5-10(16(20)23-2)7-15(19)17-14/h3-9H,1-2H3. The number of carbonyl (C=O) groups excluding carboxylic acids is 1. The molecule has 0 saturated heterocycles. The quantitative estimate of drug-likeness (QED) is 0.546. The molecule has 0 amide bonds. The molecule has 3 rings (SSSR count). The first kappa shape index (κ1) is 14.7. The number of hydrogen-bond donors (Lipinski definition) is 0. The summed E-state index contributed by atoms with van der Waals surface area (Å²) in [5.74, 6) is 0.108. The number of pyridine rings is 1. The van der Waals surface area contributed by atoms with Crippen molar-refractivity contribution in [2.45, 2.75) is 0 Å². The van der Waals surface area contributed by atoms with Crippen LogP contribution in [0.3, 0.4) is 0 Å². The summed E-state index contributed by atoms with van der Waals surface area (Å²) in [5.41, 5.74) is 2.37. The van der Waals surface area contributed by atoms with E-state index < -0.39 is 5.97 Å². The molecule has 7 nitrogen and oxygen atoms in total. The van der Waals surface area contributed by atoms with Crippen LogP contribution in [0.5, 0.6) is 5.75 Å². The molecule has 0 unspecified atom stereocenters. The van der Waals surface area contributed by atoms with Gasteiger partial charge in [-0.05, 0) is 29.4 Å². The third-order valence-corrected chi connectivity index (χ3v) is 3.46. The van der Waals surface area contributed by atoms with Crippen molar-refractivity contribution in [1.29, 1.82) is 0 Å². The van der Waals surface area contributed by atoms with Crippen molar-refractivity contribution in [3.8, 4) is 17.0 Å². The zero-order valence-corrected chi connectivity index (χ0v) is 12.5. The topological polar surface area (TPSA) is 82.3 Å². The van der Waals surface area contributed by atoms with Crippen LogP contribution in [0.15, 0.2) is 47.9 Å². The largest absolute Gasteiger partial charge is 0.497 e. The predicted octanol–water partition coefficient (Wildman–Crippen LogP) is 3.19. The van der Waals surface area contributed by atoms with Gasteiger partial charge in [-0.1, -0.05) is 0 Å². The van der Waals surface area contributed by atoms with E-state index in [0.717, 1.165) is 0 Å². The Kier molecular flexibility index (Phi) is 3.76. The van der Waals surface area contributed by atoms with Gasteiger partial charge in [-0.2, -0.15) is 0 Å². The first-order valence-electron chi connectivity index (χ1n) is 6.75. The highest BCUT2D eigenvalue weighted by molar-refractivity contribution is 5.90. The highest BCUT2D eigenvalue weighted by atomic mass is 16.5.